The summed E-state index contributed by atoms with van der Waals surface area (Å²) < 4.78 is 71.5. The van der Waals surface area contributed by atoms with Crippen molar-refractivity contribution in [2.45, 2.75) is 11.1 Å². The van der Waals surface area contributed by atoms with Gasteiger partial charge in [-0.15, -0.1) is 0 Å². The van der Waals surface area contributed by atoms with E-state index < -0.39 is 21.8 Å². The maximum absolute atomic E-state index is 12.8. The van der Waals surface area contributed by atoms with Crippen molar-refractivity contribution in [2.75, 3.05) is 17.9 Å². The second-order valence-electron chi connectivity index (χ2n) is 6.11. The van der Waals surface area contributed by atoms with Crippen LogP contribution in [0, 0.1) is 0 Å². The van der Waals surface area contributed by atoms with E-state index in [1.54, 1.807) is 24.3 Å². The molecule has 7 nitrogen and oxygen atoms in total. The Labute approximate surface area is 210 Å². The quantitative estimate of drug-likeness (QED) is 0.474. The fraction of sp³-hybridized carbons (Fsp3) is 0.158. The molecule has 0 saturated heterocycles. The molecule has 0 unspecified atom stereocenters. The van der Waals surface area contributed by atoms with Crippen molar-refractivity contribution in [2.24, 2.45) is 0 Å². The van der Waals surface area contributed by atoms with Crippen molar-refractivity contribution in [1.29, 1.82) is 0 Å². The van der Waals surface area contributed by atoms with Crippen molar-refractivity contribution in [3.8, 4) is 17.0 Å². The van der Waals surface area contributed by atoms with Crippen LogP contribution >= 0.6 is 11.6 Å². The Bertz CT molecular complexity index is 1170. The first-order valence-corrected chi connectivity index (χ1v) is 10.5. The van der Waals surface area contributed by atoms with Crippen molar-refractivity contribution >= 4 is 27.4 Å². The number of sulfonamides is 1. The molecule has 0 saturated carbocycles. The average Bonchev–Trinajstić information content (AvgIpc) is 2.72. The van der Waals surface area contributed by atoms with E-state index >= 15 is 0 Å². The van der Waals surface area contributed by atoms with Crippen LogP contribution in [-0.4, -0.2) is 36.7 Å². The van der Waals surface area contributed by atoms with Crippen molar-refractivity contribution in [1.82, 2.24) is 9.97 Å². The van der Waals surface area contributed by atoms with E-state index in [4.69, 9.17) is 21.4 Å². The topological polar surface area (TPSA) is 101 Å². The predicted molar refractivity (Wildman–Crippen MR) is 108 cm³/mol. The normalized spacial score (nSPS) is 11.5. The molecule has 0 amide bonds. The van der Waals surface area contributed by atoms with Crippen LogP contribution in [0.4, 0.5) is 19.0 Å². The number of ether oxygens (including phenoxy) is 1. The van der Waals surface area contributed by atoms with E-state index in [-0.39, 0.29) is 66.4 Å². The van der Waals surface area contributed by atoms with Gasteiger partial charge in [0.15, 0.2) is 5.82 Å². The Morgan fingerprint density at radius 1 is 1.06 bits per heavy atom. The maximum atomic E-state index is 12.8. The zero-order chi connectivity index (χ0) is 22.6. The van der Waals surface area contributed by atoms with Crippen molar-refractivity contribution < 1.29 is 62.4 Å². The van der Waals surface area contributed by atoms with Crippen LogP contribution in [0.25, 0.3) is 11.1 Å². The van der Waals surface area contributed by atoms with Gasteiger partial charge in [-0.25, -0.2) is 18.4 Å². The minimum Gasteiger partial charge on any atom is -1.00 e. The Kier molecular flexibility index (Phi) is 8.91. The smallest absolute Gasteiger partial charge is 1.00 e. The summed E-state index contributed by atoms with van der Waals surface area (Å²) in [5, 5.41) is 9.47. The van der Waals surface area contributed by atoms with Crippen LogP contribution in [0.2, 0.25) is 5.02 Å². The molecule has 0 aliphatic rings. The van der Waals surface area contributed by atoms with Crippen LogP contribution < -0.4 is 39.0 Å². The first-order valence-electron chi connectivity index (χ1n) is 8.66. The molecule has 166 valence electrons. The Hall–Kier alpha value is -1.89. The van der Waals surface area contributed by atoms with Gasteiger partial charge in [0.05, 0.1) is 22.6 Å². The second-order valence-corrected chi connectivity index (χ2v) is 8.23. The minimum atomic E-state index is -4.59. The van der Waals surface area contributed by atoms with E-state index in [0.29, 0.717) is 22.7 Å². The number of halogens is 4. The summed E-state index contributed by atoms with van der Waals surface area (Å²) >= 11 is 5.91. The van der Waals surface area contributed by atoms with Gasteiger partial charge in [-0.3, -0.25) is 4.72 Å². The number of nitrogens with one attached hydrogen (secondary N) is 1. The minimum absolute atomic E-state index is 0. The van der Waals surface area contributed by atoms with Gasteiger partial charge in [-0.05, 0) is 42.0 Å². The Morgan fingerprint density at radius 2 is 1.69 bits per heavy atom. The molecule has 0 fully saturated rings. The third kappa shape index (κ3) is 6.33. The number of aliphatic hydroxyl groups excluding tert-OH is 1. The van der Waals surface area contributed by atoms with E-state index in [2.05, 4.69) is 14.7 Å². The number of aromatic nitrogens is 2. The third-order valence-electron chi connectivity index (χ3n) is 4.00. The predicted octanol–water partition coefficient (Wildman–Crippen LogP) is 1.10. The van der Waals surface area contributed by atoms with Crippen LogP contribution in [0.3, 0.4) is 0 Å². The molecule has 2 aromatic carbocycles. The molecule has 3 rings (SSSR count). The number of alkyl halides is 3. The van der Waals surface area contributed by atoms with E-state index in [9.17, 15) is 21.6 Å². The SMILES string of the molecule is O=S(=O)(Nc1ncnc(OCCO)c1-c1ccc(Cl)cc1)c1ccc(C(F)(F)F)cc1.[H-].[Na+]. The molecular formula is C19H16ClF3N3NaO4S. The zero-order valence-corrected chi connectivity index (χ0v) is 20.2. The molecule has 2 N–H and O–H groups in total. The maximum Gasteiger partial charge on any atom is 1.00 e. The van der Waals surface area contributed by atoms with Gasteiger partial charge in [-0.2, -0.15) is 13.2 Å². The Morgan fingerprint density at radius 3 is 2.25 bits per heavy atom. The molecule has 0 aliphatic carbocycles. The summed E-state index contributed by atoms with van der Waals surface area (Å²) in [7, 11) is -4.29. The first-order chi connectivity index (χ1) is 14.6. The van der Waals surface area contributed by atoms with Gasteiger partial charge < -0.3 is 11.3 Å². The fourth-order valence-electron chi connectivity index (χ4n) is 2.58. The van der Waals surface area contributed by atoms with E-state index in [0.717, 1.165) is 18.5 Å². The van der Waals surface area contributed by atoms with E-state index in [1.807, 2.05) is 0 Å². The molecule has 1 heterocycles. The molecule has 13 heteroatoms. The van der Waals surface area contributed by atoms with Crippen LogP contribution in [0.15, 0.2) is 59.8 Å². The molecule has 0 aliphatic heterocycles. The standard InChI is InChI=1S/C19H15ClF3N3O4S.Na.H/c20-14-5-1-12(2-6-14)16-17(24-11-25-18(16)30-10-9-27)26-31(28,29)15-7-3-13(4-8-15)19(21,22)23;;/h1-8,11,27H,9-10H2,(H,24,25,26);;/q;+1;-1. The summed E-state index contributed by atoms with van der Waals surface area (Å²) in [6.45, 7) is -0.417. The molecule has 0 spiro atoms. The van der Waals surface area contributed by atoms with Crippen LogP contribution in [-0.2, 0) is 16.2 Å². The summed E-state index contributed by atoms with van der Waals surface area (Å²) in [6, 6.07) is 9.33. The largest absolute Gasteiger partial charge is 1.00 e. The van der Waals surface area contributed by atoms with Gasteiger partial charge in [0.2, 0.25) is 5.88 Å². The zero-order valence-electron chi connectivity index (χ0n) is 17.6. The number of hydrogen-bond donors (Lipinski definition) is 2. The molecule has 0 atom stereocenters. The number of rotatable bonds is 7. The van der Waals surface area contributed by atoms with Crippen molar-refractivity contribution in [3.05, 3.63) is 65.4 Å². The summed E-state index contributed by atoms with van der Waals surface area (Å²) in [5.41, 5.74) is -0.346. The van der Waals surface area contributed by atoms with E-state index in [1.165, 1.54) is 0 Å². The molecule has 0 bridgehead atoms. The van der Waals surface area contributed by atoms with Crippen LogP contribution in [0.1, 0.15) is 6.99 Å². The molecule has 32 heavy (non-hydrogen) atoms. The monoisotopic (exact) mass is 497 g/mol. The van der Waals surface area contributed by atoms with Gasteiger partial charge in [0.1, 0.15) is 12.9 Å². The van der Waals surface area contributed by atoms with Crippen LogP contribution in [0.5, 0.6) is 5.88 Å². The average molecular weight is 498 g/mol. The van der Waals surface area contributed by atoms with Gasteiger partial charge in [0.25, 0.3) is 10.0 Å². The molecule has 1 aromatic heterocycles. The van der Waals surface area contributed by atoms with Crippen molar-refractivity contribution in [3.63, 3.8) is 0 Å². The molecule has 0 radical (unpaired) electrons. The molecule has 3 aromatic rings. The fourth-order valence-corrected chi connectivity index (χ4v) is 3.73. The van der Waals surface area contributed by atoms with Gasteiger partial charge in [0, 0.05) is 5.02 Å². The summed E-state index contributed by atoms with van der Waals surface area (Å²) in [4.78, 5) is 7.55. The molecular weight excluding hydrogens is 482 g/mol. The number of hydrogen-bond acceptors (Lipinski definition) is 6. The second kappa shape index (κ2) is 10.8. The van der Waals surface area contributed by atoms with Gasteiger partial charge >= 0.3 is 35.7 Å². The number of nitrogens with zero attached hydrogens (tertiary/aromatic N) is 2. The third-order valence-corrected chi connectivity index (χ3v) is 5.61. The summed E-state index contributed by atoms with van der Waals surface area (Å²) in [6.07, 6.45) is -3.54. The number of anilines is 1. The first kappa shape index (κ1) is 26.4. The summed E-state index contributed by atoms with van der Waals surface area (Å²) in [5.74, 6) is -0.165. The van der Waals surface area contributed by atoms with Gasteiger partial charge in [-0.1, -0.05) is 23.7 Å². The number of benzene rings is 2. The number of aliphatic hydroxyl groups is 1. The Balaban J connectivity index is 0.00000272.